The molecule has 1 rings (SSSR count). The third-order valence-corrected chi connectivity index (χ3v) is 2.35. The van der Waals surface area contributed by atoms with Gasteiger partial charge < -0.3 is 4.74 Å². The lowest BCUT2D eigenvalue weighted by Crippen LogP contribution is -2.06. The van der Waals surface area contributed by atoms with Gasteiger partial charge in [0.05, 0.1) is 0 Å². The summed E-state index contributed by atoms with van der Waals surface area (Å²) < 4.78 is 4.85. The Morgan fingerprint density at radius 1 is 1.43 bits per heavy atom. The fourth-order valence-corrected chi connectivity index (χ4v) is 1.24. The number of ether oxygens (including phenoxy) is 1. The highest BCUT2D eigenvalue weighted by atomic mass is 35.5. The van der Waals surface area contributed by atoms with E-state index < -0.39 is 0 Å². The molecule has 0 fully saturated rings. The Labute approximate surface area is 88.8 Å². The van der Waals surface area contributed by atoms with Crippen molar-refractivity contribution in [3.8, 4) is 0 Å². The molecule has 3 heteroatoms. The van der Waals surface area contributed by atoms with Crippen LogP contribution in [0.15, 0.2) is 30.3 Å². The summed E-state index contributed by atoms with van der Waals surface area (Å²) in [7, 11) is 1.53. The molecule has 0 saturated heterocycles. The highest BCUT2D eigenvalue weighted by Gasteiger charge is 2.08. The summed E-state index contributed by atoms with van der Waals surface area (Å²) in [6.07, 6.45) is 0.970. The van der Waals surface area contributed by atoms with Gasteiger partial charge in [0.1, 0.15) is 5.56 Å². The fraction of sp³-hybridized carbons (Fsp3) is 0.364. The number of carbonyl (C=O) groups excluding carboxylic acids is 1. The number of Topliss-reactive ketones (excluding diaryl/α,β-unsaturated/α-hetero) is 1. The van der Waals surface area contributed by atoms with Gasteiger partial charge in [0.15, 0.2) is 5.78 Å². The average Bonchev–Trinajstić information content (AvgIpc) is 2.26. The quantitative estimate of drug-likeness (QED) is 0.554. The summed E-state index contributed by atoms with van der Waals surface area (Å²) >= 11 is 5.72. The van der Waals surface area contributed by atoms with Gasteiger partial charge in [-0.1, -0.05) is 41.9 Å². The van der Waals surface area contributed by atoms with E-state index in [-0.39, 0.29) is 11.3 Å². The minimum atomic E-state index is -0.373. The van der Waals surface area contributed by atoms with Crippen LogP contribution in [0.4, 0.5) is 0 Å². The van der Waals surface area contributed by atoms with Gasteiger partial charge in [-0.3, -0.25) is 4.79 Å². The normalized spacial score (nSPS) is 12.4. The van der Waals surface area contributed by atoms with Crippen molar-refractivity contribution in [3.63, 3.8) is 0 Å². The van der Waals surface area contributed by atoms with E-state index in [2.05, 4.69) is 0 Å². The molecular weight excluding hydrogens is 200 g/mol. The van der Waals surface area contributed by atoms with Gasteiger partial charge in [-0.15, -0.1) is 0 Å². The molecule has 1 aromatic rings. The van der Waals surface area contributed by atoms with Crippen molar-refractivity contribution in [2.24, 2.45) is 0 Å². The number of rotatable bonds is 5. The second-order valence-corrected chi connectivity index (χ2v) is 3.46. The molecule has 0 aliphatic heterocycles. The van der Waals surface area contributed by atoms with Crippen LogP contribution < -0.4 is 0 Å². The standard InChI is InChI=1S/C11H13ClO2/c1-14-11(12)8-7-10(13)9-5-3-2-4-6-9/h2-6,11H,7-8H2,1H3. The molecule has 0 aromatic heterocycles. The number of halogens is 1. The molecule has 0 saturated carbocycles. The highest BCUT2D eigenvalue weighted by molar-refractivity contribution is 6.19. The second kappa shape index (κ2) is 5.78. The monoisotopic (exact) mass is 212 g/mol. The van der Waals surface area contributed by atoms with Crippen LogP contribution in [0.2, 0.25) is 0 Å². The summed E-state index contributed by atoms with van der Waals surface area (Å²) in [5.41, 5.74) is 0.357. The van der Waals surface area contributed by atoms with Crippen molar-refractivity contribution in [3.05, 3.63) is 35.9 Å². The number of alkyl halides is 1. The first-order valence-corrected chi connectivity index (χ1v) is 4.93. The maximum Gasteiger partial charge on any atom is 0.163 e. The molecule has 0 aliphatic rings. The highest BCUT2D eigenvalue weighted by Crippen LogP contribution is 2.10. The van der Waals surface area contributed by atoms with Gasteiger partial charge in [-0.05, 0) is 6.42 Å². The third-order valence-electron chi connectivity index (χ3n) is 1.95. The van der Waals surface area contributed by atoms with Crippen molar-refractivity contribution < 1.29 is 9.53 Å². The number of carbonyl (C=O) groups is 1. The van der Waals surface area contributed by atoms with Crippen LogP contribution in [0.1, 0.15) is 23.2 Å². The zero-order chi connectivity index (χ0) is 10.4. The molecule has 0 N–H and O–H groups in total. The zero-order valence-electron chi connectivity index (χ0n) is 8.07. The molecule has 0 spiro atoms. The first-order valence-electron chi connectivity index (χ1n) is 4.49. The number of ketones is 1. The van der Waals surface area contributed by atoms with E-state index >= 15 is 0 Å². The molecule has 2 nitrogen and oxygen atoms in total. The summed E-state index contributed by atoms with van der Waals surface area (Å²) in [5, 5.41) is 0. The van der Waals surface area contributed by atoms with Gasteiger partial charge in [-0.25, -0.2) is 0 Å². The van der Waals surface area contributed by atoms with Crippen molar-refractivity contribution in [1.29, 1.82) is 0 Å². The number of hydrogen-bond acceptors (Lipinski definition) is 2. The molecular formula is C11H13ClO2. The Bertz CT molecular complexity index is 285. The van der Waals surface area contributed by atoms with Crippen LogP contribution in [0, 0.1) is 0 Å². The minimum absolute atomic E-state index is 0.105. The Hall–Kier alpha value is -0.860. The molecule has 1 unspecified atom stereocenters. The lowest BCUT2D eigenvalue weighted by atomic mass is 10.1. The number of methoxy groups -OCH3 is 1. The van der Waals surface area contributed by atoms with E-state index in [1.165, 1.54) is 7.11 Å². The average molecular weight is 213 g/mol. The van der Waals surface area contributed by atoms with Crippen molar-refractivity contribution in [2.75, 3.05) is 7.11 Å². The molecule has 0 aliphatic carbocycles. The van der Waals surface area contributed by atoms with Crippen LogP contribution in [-0.4, -0.2) is 18.5 Å². The predicted octanol–water partition coefficient (Wildman–Crippen LogP) is 2.86. The van der Waals surface area contributed by atoms with E-state index in [0.29, 0.717) is 12.8 Å². The van der Waals surface area contributed by atoms with Gasteiger partial charge >= 0.3 is 0 Å². The molecule has 76 valence electrons. The lowest BCUT2D eigenvalue weighted by molar-refractivity contribution is 0.0949. The Balaban J connectivity index is 2.44. The molecule has 0 radical (unpaired) electrons. The molecule has 0 heterocycles. The summed E-state index contributed by atoms with van der Waals surface area (Å²) in [6, 6.07) is 9.19. The smallest absolute Gasteiger partial charge is 0.163 e. The Morgan fingerprint density at radius 3 is 2.64 bits per heavy atom. The molecule has 14 heavy (non-hydrogen) atoms. The van der Waals surface area contributed by atoms with E-state index in [9.17, 15) is 4.79 Å². The van der Waals surface area contributed by atoms with Gasteiger partial charge in [-0.2, -0.15) is 0 Å². The summed E-state index contributed by atoms with van der Waals surface area (Å²) in [4.78, 5) is 11.6. The van der Waals surface area contributed by atoms with Crippen LogP contribution in [0.25, 0.3) is 0 Å². The molecule has 0 amide bonds. The van der Waals surface area contributed by atoms with Crippen molar-refractivity contribution in [1.82, 2.24) is 0 Å². The van der Waals surface area contributed by atoms with Crippen molar-refractivity contribution in [2.45, 2.75) is 18.4 Å². The number of benzene rings is 1. The molecule has 1 aromatic carbocycles. The summed E-state index contributed by atoms with van der Waals surface area (Å²) in [6.45, 7) is 0. The Morgan fingerprint density at radius 2 is 2.07 bits per heavy atom. The minimum Gasteiger partial charge on any atom is -0.366 e. The maximum absolute atomic E-state index is 11.6. The largest absolute Gasteiger partial charge is 0.366 e. The third kappa shape index (κ3) is 3.48. The first kappa shape index (κ1) is 11.2. The lowest BCUT2D eigenvalue weighted by Gasteiger charge is -2.05. The van der Waals surface area contributed by atoms with Gasteiger partial charge in [0, 0.05) is 19.1 Å². The summed E-state index contributed by atoms with van der Waals surface area (Å²) in [5.74, 6) is 0.105. The van der Waals surface area contributed by atoms with Crippen LogP contribution >= 0.6 is 11.6 Å². The number of hydrogen-bond donors (Lipinski definition) is 0. The van der Waals surface area contributed by atoms with Crippen LogP contribution in [0.5, 0.6) is 0 Å². The van der Waals surface area contributed by atoms with E-state index in [0.717, 1.165) is 5.56 Å². The van der Waals surface area contributed by atoms with E-state index in [1.807, 2.05) is 18.2 Å². The topological polar surface area (TPSA) is 26.3 Å². The van der Waals surface area contributed by atoms with Crippen LogP contribution in [0.3, 0.4) is 0 Å². The van der Waals surface area contributed by atoms with Crippen molar-refractivity contribution >= 4 is 17.4 Å². The SMILES string of the molecule is COC(Cl)CCC(=O)c1ccccc1. The van der Waals surface area contributed by atoms with E-state index in [1.54, 1.807) is 12.1 Å². The first-order chi connectivity index (χ1) is 6.74. The predicted molar refractivity (Wildman–Crippen MR) is 56.7 cm³/mol. The molecule has 0 bridgehead atoms. The van der Waals surface area contributed by atoms with Crippen LogP contribution in [-0.2, 0) is 4.74 Å². The van der Waals surface area contributed by atoms with E-state index in [4.69, 9.17) is 16.3 Å². The zero-order valence-corrected chi connectivity index (χ0v) is 8.83. The maximum atomic E-state index is 11.6. The molecule has 1 atom stereocenters. The second-order valence-electron chi connectivity index (χ2n) is 2.97. The Kier molecular flexibility index (Phi) is 4.63. The fourth-order valence-electron chi connectivity index (χ4n) is 1.13. The van der Waals surface area contributed by atoms with Gasteiger partial charge in [0.25, 0.3) is 0 Å². The van der Waals surface area contributed by atoms with Gasteiger partial charge in [0.2, 0.25) is 0 Å².